The van der Waals surface area contributed by atoms with Crippen LogP contribution in [0.1, 0.15) is 0 Å². The Bertz CT molecular complexity index is 196. The topological polar surface area (TPSA) is 80.3 Å². The number of halogens is 6. The normalized spacial score (nSPS) is 10.5. The van der Waals surface area contributed by atoms with Crippen LogP contribution in [0.25, 0.3) is 0 Å². The van der Waals surface area contributed by atoms with Gasteiger partial charge in [-0.1, -0.05) is 0 Å². The average molecular weight is 329 g/mol. The molecule has 0 atom stereocenters. The predicted octanol–water partition coefficient (Wildman–Crippen LogP) is -1.41. The maximum atomic E-state index is 10.5. The van der Waals surface area contributed by atoms with Crippen molar-refractivity contribution in [1.29, 1.82) is 0 Å². The van der Waals surface area contributed by atoms with Crippen molar-refractivity contribution in [1.82, 2.24) is 0 Å². The van der Waals surface area contributed by atoms with Crippen LogP contribution in [0, 0.1) is 0 Å². The van der Waals surface area contributed by atoms with Gasteiger partial charge in [0.1, 0.15) is 11.9 Å². The Morgan fingerprint density at radius 1 is 0.733 bits per heavy atom. The minimum atomic E-state index is -5.19. The van der Waals surface area contributed by atoms with Crippen LogP contribution in [0.2, 0.25) is 0 Å². The van der Waals surface area contributed by atoms with E-state index >= 15 is 0 Å². The molecule has 0 unspecified atom stereocenters. The monoisotopic (exact) mass is 329 g/mol. The number of carboxylic acid groups (broad SMARTS) is 2. The summed E-state index contributed by atoms with van der Waals surface area (Å²) >= 11 is 0. The second kappa shape index (κ2) is 6.59. The van der Waals surface area contributed by atoms with Gasteiger partial charge in [0.15, 0.2) is 0 Å². The number of rotatable bonds is 0. The molecular formula is C4F6O4Rh. The summed E-state index contributed by atoms with van der Waals surface area (Å²) in [6, 6.07) is 0. The SMILES string of the molecule is O=C([O-])C(F)(F)F.O=C([O-])C(F)(F)F.[Rh+2]. The van der Waals surface area contributed by atoms with E-state index in [0.717, 1.165) is 0 Å². The first-order valence-corrected chi connectivity index (χ1v) is 2.45. The summed E-state index contributed by atoms with van der Waals surface area (Å²) in [4.78, 5) is 17.6. The molecule has 0 fully saturated rings. The molecule has 0 bridgehead atoms. The molecule has 0 aliphatic carbocycles. The van der Waals surface area contributed by atoms with Gasteiger partial charge in [-0.25, -0.2) is 0 Å². The fourth-order valence-corrected chi connectivity index (χ4v) is 0. The predicted molar refractivity (Wildman–Crippen MR) is 22.1 cm³/mol. The van der Waals surface area contributed by atoms with Crippen molar-refractivity contribution < 1.29 is 65.6 Å². The molecule has 0 aliphatic heterocycles. The fraction of sp³-hybridized carbons (Fsp3) is 0.500. The summed E-state index contributed by atoms with van der Waals surface area (Å²) in [6.45, 7) is 0. The third-order valence-electron chi connectivity index (χ3n) is 0.463. The van der Waals surface area contributed by atoms with Gasteiger partial charge in [-0.3, -0.25) is 0 Å². The molecule has 4 nitrogen and oxygen atoms in total. The quantitative estimate of drug-likeness (QED) is 0.404. The third-order valence-corrected chi connectivity index (χ3v) is 0.463. The van der Waals surface area contributed by atoms with Crippen molar-refractivity contribution in [3.63, 3.8) is 0 Å². The molecule has 0 aromatic heterocycles. The molecule has 0 aromatic rings. The van der Waals surface area contributed by atoms with Crippen LogP contribution >= 0.6 is 0 Å². The van der Waals surface area contributed by atoms with E-state index < -0.39 is 24.3 Å². The fourth-order valence-electron chi connectivity index (χ4n) is 0. The van der Waals surface area contributed by atoms with E-state index in [1.807, 2.05) is 0 Å². The summed E-state index contributed by atoms with van der Waals surface area (Å²) in [5, 5.41) is 17.6. The minimum Gasteiger partial charge on any atom is -0.542 e. The third kappa shape index (κ3) is 13.1. The van der Waals surface area contributed by atoms with Crippen molar-refractivity contribution in [3.8, 4) is 0 Å². The van der Waals surface area contributed by atoms with E-state index in [1.54, 1.807) is 0 Å². The molecule has 0 N–H and O–H groups in total. The van der Waals surface area contributed by atoms with E-state index in [0.29, 0.717) is 0 Å². The molecule has 0 rings (SSSR count). The molecular weight excluding hydrogens is 329 g/mol. The van der Waals surface area contributed by atoms with E-state index in [9.17, 15) is 26.3 Å². The number of hydrogen-bond donors (Lipinski definition) is 0. The molecule has 0 saturated carbocycles. The van der Waals surface area contributed by atoms with Crippen molar-refractivity contribution in [2.24, 2.45) is 0 Å². The maximum absolute atomic E-state index is 10.5. The molecule has 0 aliphatic rings. The molecule has 0 aromatic carbocycles. The molecule has 11 heteroatoms. The van der Waals surface area contributed by atoms with Crippen LogP contribution in [-0.2, 0) is 29.1 Å². The summed E-state index contributed by atoms with van der Waals surface area (Å²) < 4.78 is 63.1. The van der Waals surface area contributed by atoms with Crippen LogP contribution in [0.3, 0.4) is 0 Å². The van der Waals surface area contributed by atoms with Gasteiger partial charge < -0.3 is 19.8 Å². The van der Waals surface area contributed by atoms with Crippen LogP contribution in [0.4, 0.5) is 26.3 Å². The van der Waals surface area contributed by atoms with Crippen LogP contribution in [0.5, 0.6) is 0 Å². The summed E-state index contributed by atoms with van der Waals surface area (Å²) in [5.74, 6) is -6.01. The van der Waals surface area contributed by atoms with E-state index in [1.165, 1.54) is 0 Å². The zero-order valence-corrected chi connectivity index (χ0v) is 7.87. The molecule has 0 amide bonds. The number of carboxylic acids is 2. The second-order valence-corrected chi connectivity index (χ2v) is 1.57. The van der Waals surface area contributed by atoms with Gasteiger partial charge in [0, 0.05) is 0 Å². The molecule has 0 heterocycles. The number of aliphatic carboxylic acids is 2. The van der Waals surface area contributed by atoms with Gasteiger partial charge in [0.25, 0.3) is 0 Å². The average Bonchev–Trinajstić information content (AvgIpc) is 1.83. The maximum Gasteiger partial charge on any atom is 2.00 e. The van der Waals surface area contributed by atoms with Gasteiger partial charge in [0.05, 0.1) is 0 Å². The largest absolute Gasteiger partial charge is 2.00 e. The summed E-state index contributed by atoms with van der Waals surface area (Å²) in [7, 11) is 0. The number of hydrogen-bond acceptors (Lipinski definition) is 4. The van der Waals surface area contributed by atoms with Gasteiger partial charge in [-0.15, -0.1) is 0 Å². The Morgan fingerprint density at radius 3 is 0.800 bits per heavy atom. The first-order chi connectivity index (χ1) is 5.89. The molecule has 0 saturated heterocycles. The second-order valence-electron chi connectivity index (χ2n) is 1.57. The van der Waals surface area contributed by atoms with Crippen molar-refractivity contribution in [2.75, 3.05) is 0 Å². The van der Waals surface area contributed by atoms with Crippen LogP contribution in [0.15, 0.2) is 0 Å². The van der Waals surface area contributed by atoms with Crippen LogP contribution in [-0.4, -0.2) is 24.3 Å². The summed E-state index contributed by atoms with van der Waals surface area (Å²) in [5.41, 5.74) is 0. The van der Waals surface area contributed by atoms with Gasteiger partial charge in [-0.2, -0.15) is 26.3 Å². The Balaban J connectivity index is -0.000000180. The van der Waals surface area contributed by atoms with Crippen LogP contribution < -0.4 is 10.2 Å². The van der Waals surface area contributed by atoms with E-state index in [-0.39, 0.29) is 19.5 Å². The number of carbonyl (C=O) groups excluding carboxylic acids is 2. The Kier molecular flexibility index (Phi) is 8.65. The Morgan fingerprint density at radius 2 is 0.800 bits per heavy atom. The molecule has 15 heavy (non-hydrogen) atoms. The Labute approximate surface area is 90.6 Å². The van der Waals surface area contributed by atoms with Crippen molar-refractivity contribution in [2.45, 2.75) is 12.4 Å². The van der Waals surface area contributed by atoms with Gasteiger partial charge in [-0.05, 0) is 0 Å². The molecule has 1 radical (unpaired) electrons. The zero-order chi connectivity index (χ0) is 12.2. The molecule has 91 valence electrons. The Hall–Kier alpha value is -0.857. The number of alkyl halides is 6. The number of carbonyl (C=O) groups is 2. The standard InChI is InChI=1S/2C2HF3O2.Rh/c2*3-2(4,5)1(6)7;/h2*(H,6,7);/q;;+2/p-2. The molecule has 0 spiro atoms. The summed E-state index contributed by atoms with van der Waals surface area (Å²) in [6.07, 6.45) is -10.4. The smallest absolute Gasteiger partial charge is 0.542 e. The first kappa shape index (κ1) is 19.7. The minimum absolute atomic E-state index is 0. The van der Waals surface area contributed by atoms with E-state index in [2.05, 4.69) is 0 Å². The van der Waals surface area contributed by atoms with Crippen molar-refractivity contribution in [3.05, 3.63) is 0 Å². The zero-order valence-electron chi connectivity index (χ0n) is 6.23. The van der Waals surface area contributed by atoms with Crippen molar-refractivity contribution >= 4 is 11.9 Å². The van der Waals surface area contributed by atoms with Gasteiger partial charge in [0.2, 0.25) is 0 Å². The first-order valence-electron chi connectivity index (χ1n) is 2.45. The van der Waals surface area contributed by atoms with E-state index in [4.69, 9.17) is 19.8 Å². The van der Waals surface area contributed by atoms with Gasteiger partial charge >= 0.3 is 31.8 Å².